The number of pyridine rings is 1. The highest BCUT2D eigenvalue weighted by atomic mass is 35.5. The Morgan fingerprint density at radius 2 is 1.64 bits per heavy atom. The molecule has 1 heterocycles. The summed E-state index contributed by atoms with van der Waals surface area (Å²) < 4.78 is 0. The zero-order chi connectivity index (χ0) is 17.5. The zero-order valence-electron chi connectivity index (χ0n) is 13.6. The van der Waals surface area contributed by atoms with Crippen molar-refractivity contribution in [3.63, 3.8) is 0 Å². The van der Waals surface area contributed by atoms with E-state index in [1.54, 1.807) is 24.4 Å². The summed E-state index contributed by atoms with van der Waals surface area (Å²) in [4.78, 5) is 16.4. The summed E-state index contributed by atoms with van der Waals surface area (Å²) in [6.07, 6.45) is 1.63. The van der Waals surface area contributed by atoms with E-state index in [0.29, 0.717) is 23.8 Å². The highest BCUT2D eigenvalue weighted by molar-refractivity contribution is 6.30. The fourth-order valence-corrected chi connectivity index (χ4v) is 2.47. The van der Waals surface area contributed by atoms with E-state index in [-0.39, 0.29) is 5.91 Å². The Morgan fingerprint density at radius 1 is 0.920 bits per heavy atom. The quantitative estimate of drug-likeness (QED) is 0.697. The minimum atomic E-state index is -0.210. The second kappa shape index (κ2) is 8.31. The Hall–Kier alpha value is -2.85. The molecule has 0 unspecified atom stereocenters. The summed E-state index contributed by atoms with van der Waals surface area (Å²) in [6.45, 7) is 1.12. The topological polar surface area (TPSA) is 54.0 Å². The molecule has 25 heavy (non-hydrogen) atoms. The summed E-state index contributed by atoms with van der Waals surface area (Å²) in [5, 5.41) is 6.84. The van der Waals surface area contributed by atoms with Gasteiger partial charge in [-0.1, -0.05) is 54.1 Å². The number of nitrogens with zero attached hydrogens (tertiary/aromatic N) is 1. The van der Waals surface area contributed by atoms with Crippen LogP contribution in [0.15, 0.2) is 72.9 Å². The van der Waals surface area contributed by atoms with E-state index < -0.39 is 0 Å². The maximum absolute atomic E-state index is 12.3. The maximum atomic E-state index is 12.3. The minimum Gasteiger partial charge on any atom is -0.381 e. The number of carbonyl (C=O) groups excluding carboxylic acids is 1. The van der Waals surface area contributed by atoms with Crippen LogP contribution >= 0.6 is 11.6 Å². The van der Waals surface area contributed by atoms with Crippen molar-refractivity contribution in [3.8, 4) is 0 Å². The van der Waals surface area contributed by atoms with Crippen molar-refractivity contribution in [2.75, 3.05) is 5.32 Å². The summed E-state index contributed by atoms with van der Waals surface area (Å²) in [7, 11) is 0. The zero-order valence-corrected chi connectivity index (χ0v) is 14.3. The molecule has 3 aromatic rings. The summed E-state index contributed by atoms with van der Waals surface area (Å²) in [6, 6.07) is 21.0. The van der Waals surface area contributed by atoms with Gasteiger partial charge in [-0.25, -0.2) is 0 Å². The molecule has 0 saturated heterocycles. The van der Waals surface area contributed by atoms with E-state index in [4.69, 9.17) is 11.6 Å². The maximum Gasteiger partial charge on any atom is 0.270 e. The molecule has 0 fully saturated rings. The molecule has 126 valence electrons. The van der Waals surface area contributed by atoms with Gasteiger partial charge in [-0.3, -0.25) is 9.78 Å². The molecule has 1 amide bonds. The van der Waals surface area contributed by atoms with Crippen LogP contribution in [0.1, 0.15) is 21.6 Å². The predicted octanol–water partition coefficient (Wildman–Crippen LogP) is 4.28. The largest absolute Gasteiger partial charge is 0.381 e. The molecule has 2 N–H and O–H groups in total. The van der Waals surface area contributed by atoms with Gasteiger partial charge in [-0.2, -0.15) is 0 Å². The average Bonchev–Trinajstić information content (AvgIpc) is 2.67. The van der Waals surface area contributed by atoms with Crippen LogP contribution in [0.5, 0.6) is 0 Å². The van der Waals surface area contributed by atoms with Crippen LogP contribution in [0.2, 0.25) is 5.02 Å². The Bertz CT molecular complexity index is 835. The molecule has 4 nitrogen and oxygen atoms in total. The Balaban J connectivity index is 1.58. The van der Waals surface area contributed by atoms with E-state index in [2.05, 4.69) is 15.6 Å². The van der Waals surface area contributed by atoms with Crippen molar-refractivity contribution in [2.45, 2.75) is 13.1 Å². The van der Waals surface area contributed by atoms with Gasteiger partial charge in [0.2, 0.25) is 0 Å². The molecule has 2 aromatic carbocycles. The van der Waals surface area contributed by atoms with Crippen LogP contribution in [0.25, 0.3) is 0 Å². The van der Waals surface area contributed by atoms with Gasteiger partial charge in [-0.05, 0) is 35.4 Å². The van der Waals surface area contributed by atoms with Crippen LogP contribution in [-0.4, -0.2) is 10.9 Å². The third-order valence-corrected chi connectivity index (χ3v) is 3.95. The lowest BCUT2D eigenvalue weighted by Crippen LogP contribution is -2.23. The summed E-state index contributed by atoms with van der Waals surface area (Å²) >= 11 is 5.86. The van der Waals surface area contributed by atoms with Gasteiger partial charge in [0, 0.05) is 30.0 Å². The van der Waals surface area contributed by atoms with Crippen molar-refractivity contribution in [3.05, 3.63) is 94.8 Å². The normalized spacial score (nSPS) is 10.3. The molecule has 0 spiro atoms. The molecule has 0 radical (unpaired) electrons. The summed E-state index contributed by atoms with van der Waals surface area (Å²) in [5.74, 6) is -0.210. The molecule has 1 aromatic heterocycles. The fourth-order valence-electron chi connectivity index (χ4n) is 2.34. The smallest absolute Gasteiger partial charge is 0.270 e. The molecule has 0 aliphatic rings. The number of anilines is 1. The van der Waals surface area contributed by atoms with E-state index in [0.717, 1.165) is 11.3 Å². The van der Waals surface area contributed by atoms with E-state index >= 15 is 0 Å². The van der Waals surface area contributed by atoms with Crippen molar-refractivity contribution in [1.82, 2.24) is 10.3 Å². The van der Waals surface area contributed by atoms with Gasteiger partial charge in [0.25, 0.3) is 5.91 Å². The first-order valence-electron chi connectivity index (χ1n) is 7.97. The predicted molar refractivity (Wildman–Crippen MR) is 101 cm³/mol. The van der Waals surface area contributed by atoms with E-state index in [1.807, 2.05) is 48.5 Å². The lowest BCUT2D eigenvalue weighted by Gasteiger charge is -2.09. The number of hydrogen-bond acceptors (Lipinski definition) is 3. The van der Waals surface area contributed by atoms with Crippen LogP contribution in [0.4, 0.5) is 5.69 Å². The van der Waals surface area contributed by atoms with Gasteiger partial charge < -0.3 is 10.6 Å². The van der Waals surface area contributed by atoms with Gasteiger partial charge in [0.15, 0.2) is 0 Å². The van der Waals surface area contributed by atoms with Crippen LogP contribution in [-0.2, 0) is 13.1 Å². The number of rotatable bonds is 6. The monoisotopic (exact) mass is 351 g/mol. The molecule has 3 rings (SSSR count). The van der Waals surface area contributed by atoms with E-state index in [1.165, 1.54) is 5.56 Å². The lowest BCUT2D eigenvalue weighted by molar-refractivity contribution is 0.0946. The number of hydrogen-bond donors (Lipinski definition) is 2. The summed E-state index contributed by atoms with van der Waals surface area (Å²) in [5.41, 5.74) is 3.40. The SMILES string of the molecule is O=C(NCc1ccc(Cl)cc1)c1cc(NCc2ccccc2)ccn1. The van der Waals surface area contributed by atoms with Crippen LogP contribution in [0, 0.1) is 0 Å². The highest BCUT2D eigenvalue weighted by Crippen LogP contribution is 2.12. The first-order chi connectivity index (χ1) is 12.2. The third-order valence-electron chi connectivity index (χ3n) is 3.70. The molecule has 0 bridgehead atoms. The van der Waals surface area contributed by atoms with Gasteiger partial charge in [-0.15, -0.1) is 0 Å². The number of carbonyl (C=O) groups is 1. The molecule has 0 aliphatic carbocycles. The van der Waals surface area contributed by atoms with E-state index in [9.17, 15) is 4.79 Å². The number of amides is 1. The lowest BCUT2D eigenvalue weighted by atomic mass is 10.2. The molecule has 0 saturated carbocycles. The molecule has 0 aliphatic heterocycles. The van der Waals surface area contributed by atoms with Gasteiger partial charge in [0.05, 0.1) is 0 Å². The van der Waals surface area contributed by atoms with Crippen molar-refractivity contribution in [1.29, 1.82) is 0 Å². The van der Waals surface area contributed by atoms with Crippen LogP contribution in [0.3, 0.4) is 0 Å². The van der Waals surface area contributed by atoms with Crippen molar-refractivity contribution >= 4 is 23.2 Å². The van der Waals surface area contributed by atoms with Gasteiger partial charge in [0.1, 0.15) is 5.69 Å². The number of benzene rings is 2. The van der Waals surface area contributed by atoms with Crippen molar-refractivity contribution < 1.29 is 4.79 Å². The molecule has 0 atom stereocenters. The first-order valence-corrected chi connectivity index (χ1v) is 8.35. The highest BCUT2D eigenvalue weighted by Gasteiger charge is 2.08. The standard InChI is InChI=1S/C20H18ClN3O/c21-17-8-6-16(7-9-17)14-24-20(25)19-12-18(10-11-22-19)23-13-15-4-2-1-3-5-15/h1-12H,13-14H2,(H,22,23)(H,24,25). The Morgan fingerprint density at radius 3 is 2.40 bits per heavy atom. The third kappa shape index (κ3) is 5.06. The number of aromatic nitrogens is 1. The van der Waals surface area contributed by atoms with Crippen LogP contribution < -0.4 is 10.6 Å². The molecular formula is C20H18ClN3O. The number of nitrogens with one attached hydrogen (secondary N) is 2. The Kier molecular flexibility index (Phi) is 5.65. The number of halogens is 1. The fraction of sp³-hybridized carbons (Fsp3) is 0.100. The average molecular weight is 352 g/mol. The second-order valence-corrected chi connectivity index (χ2v) is 6.01. The Labute approximate surface area is 151 Å². The second-order valence-electron chi connectivity index (χ2n) is 5.58. The molecular weight excluding hydrogens is 334 g/mol. The van der Waals surface area contributed by atoms with Crippen molar-refractivity contribution in [2.24, 2.45) is 0 Å². The minimum absolute atomic E-state index is 0.210. The van der Waals surface area contributed by atoms with Gasteiger partial charge >= 0.3 is 0 Å². The molecule has 5 heteroatoms. The first kappa shape index (κ1) is 17.0.